The molecule has 1 aliphatic heterocycles. The third-order valence-corrected chi connectivity index (χ3v) is 7.80. The van der Waals surface area contributed by atoms with Gasteiger partial charge in [-0.25, -0.2) is 22.2 Å². The number of amides is 1. The highest BCUT2D eigenvalue weighted by atomic mass is 32.2. The van der Waals surface area contributed by atoms with Crippen LogP contribution in [0.15, 0.2) is 59.9 Å². The standard InChI is InChI=1S/C27H31F2N3O4S/c1-19(2)15-31(26(33)23-10-4-6-12-25(23)29)16-21-14-30-27(32(21)17-22-9-7-13-36-22)37(34,35)18-20-8-3-5-11-24(20)28/h3-6,8,10-12,14,19,22H,7,9,13,15-18H2,1-2H3/t22-/m0/s1. The van der Waals surface area contributed by atoms with E-state index in [1.54, 1.807) is 16.7 Å². The molecule has 1 atom stereocenters. The molecule has 0 N–H and O–H groups in total. The molecule has 1 aromatic heterocycles. The van der Waals surface area contributed by atoms with Crippen molar-refractivity contribution >= 4 is 15.7 Å². The number of halogens is 2. The number of hydrogen-bond donors (Lipinski definition) is 0. The summed E-state index contributed by atoms with van der Waals surface area (Å²) in [6, 6.07) is 11.5. The molecule has 37 heavy (non-hydrogen) atoms. The SMILES string of the molecule is CC(C)CN(Cc1cnc(S(=O)(=O)Cc2ccccc2F)n1C[C@@H]1CCCO1)C(=O)c1ccccc1F. The van der Waals surface area contributed by atoms with Gasteiger partial charge in [0.2, 0.25) is 15.0 Å². The van der Waals surface area contributed by atoms with Gasteiger partial charge in [0.05, 0.1) is 42.4 Å². The van der Waals surface area contributed by atoms with Gasteiger partial charge in [-0.3, -0.25) is 4.79 Å². The van der Waals surface area contributed by atoms with Gasteiger partial charge in [-0.15, -0.1) is 0 Å². The van der Waals surface area contributed by atoms with Crippen LogP contribution in [0.5, 0.6) is 0 Å². The molecule has 7 nitrogen and oxygen atoms in total. The molecule has 2 heterocycles. The predicted octanol–water partition coefficient (Wildman–Crippen LogP) is 4.61. The number of nitrogens with zero attached hydrogens (tertiary/aromatic N) is 3. The summed E-state index contributed by atoms with van der Waals surface area (Å²) in [4.78, 5) is 19.0. The molecule has 0 unspecified atom stereocenters. The van der Waals surface area contributed by atoms with Crippen LogP contribution in [0.2, 0.25) is 0 Å². The van der Waals surface area contributed by atoms with Crippen LogP contribution in [0.4, 0.5) is 8.78 Å². The Morgan fingerprint density at radius 1 is 1.14 bits per heavy atom. The molecule has 2 aromatic carbocycles. The van der Waals surface area contributed by atoms with Crippen molar-refractivity contribution < 1.29 is 26.7 Å². The van der Waals surface area contributed by atoms with Crippen LogP contribution in [0.3, 0.4) is 0 Å². The molecule has 4 rings (SSSR count). The van der Waals surface area contributed by atoms with Gasteiger partial charge in [0, 0.05) is 18.7 Å². The Hall–Kier alpha value is -3.11. The zero-order valence-corrected chi connectivity index (χ0v) is 21.8. The van der Waals surface area contributed by atoms with Crippen molar-refractivity contribution in [1.29, 1.82) is 0 Å². The molecule has 1 saturated heterocycles. The van der Waals surface area contributed by atoms with Gasteiger partial charge in [-0.2, -0.15) is 0 Å². The number of benzene rings is 2. The second kappa shape index (κ2) is 11.5. The highest BCUT2D eigenvalue weighted by molar-refractivity contribution is 7.90. The van der Waals surface area contributed by atoms with Gasteiger partial charge in [0.15, 0.2) is 0 Å². The molecule has 1 aliphatic rings. The maximum atomic E-state index is 14.4. The van der Waals surface area contributed by atoms with E-state index in [9.17, 15) is 22.0 Å². The van der Waals surface area contributed by atoms with E-state index in [0.29, 0.717) is 18.8 Å². The van der Waals surface area contributed by atoms with Crippen molar-refractivity contribution in [3.8, 4) is 0 Å². The quantitative estimate of drug-likeness (QED) is 0.382. The summed E-state index contributed by atoms with van der Waals surface area (Å²) >= 11 is 0. The normalized spacial score (nSPS) is 15.9. The van der Waals surface area contributed by atoms with Crippen molar-refractivity contribution in [2.75, 3.05) is 13.2 Å². The Morgan fingerprint density at radius 3 is 2.49 bits per heavy atom. The Kier molecular flexibility index (Phi) is 8.39. The minimum absolute atomic E-state index is 0.0281. The number of carbonyl (C=O) groups excluding carboxylic acids is 1. The van der Waals surface area contributed by atoms with Crippen molar-refractivity contribution in [3.63, 3.8) is 0 Å². The lowest BCUT2D eigenvalue weighted by molar-refractivity contribution is 0.0706. The van der Waals surface area contributed by atoms with Gasteiger partial charge < -0.3 is 14.2 Å². The van der Waals surface area contributed by atoms with Crippen molar-refractivity contribution in [3.05, 3.63) is 83.2 Å². The topological polar surface area (TPSA) is 81.5 Å². The fourth-order valence-electron chi connectivity index (χ4n) is 4.50. The first-order chi connectivity index (χ1) is 17.7. The highest BCUT2D eigenvalue weighted by Crippen LogP contribution is 2.24. The second-order valence-corrected chi connectivity index (χ2v) is 11.6. The number of sulfone groups is 1. The maximum absolute atomic E-state index is 14.4. The number of carbonyl (C=O) groups is 1. The molecule has 198 valence electrons. The van der Waals surface area contributed by atoms with Crippen LogP contribution in [0.1, 0.15) is 48.3 Å². The molecule has 3 aromatic rings. The van der Waals surface area contributed by atoms with Gasteiger partial charge >= 0.3 is 0 Å². The molecule has 1 amide bonds. The molecule has 1 fully saturated rings. The summed E-state index contributed by atoms with van der Waals surface area (Å²) in [7, 11) is -4.03. The fraction of sp³-hybridized carbons (Fsp3) is 0.407. The minimum atomic E-state index is -4.03. The van der Waals surface area contributed by atoms with Crippen molar-refractivity contribution in [2.45, 2.75) is 56.8 Å². The van der Waals surface area contributed by atoms with Crippen LogP contribution >= 0.6 is 0 Å². The van der Waals surface area contributed by atoms with Crippen LogP contribution in [0, 0.1) is 17.6 Å². The highest BCUT2D eigenvalue weighted by Gasteiger charge is 2.29. The first kappa shape index (κ1) is 26.9. The van der Waals surface area contributed by atoms with Crippen molar-refractivity contribution in [2.24, 2.45) is 5.92 Å². The Labute approximate surface area is 216 Å². The van der Waals surface area contributed by atoms with Crippen LogP contribution in [-0.4, -0.2) is 48.0 Å². The summed E-state index contributed by atoms with van der Waals surface area (Å²) in [6.07, 6.45) is 2.83. The van der Waals surface area contributed by atoms with E-state index in [-0.39, 0.29) is 41.4 Å². The smallest absolute Gasteiger partial charge is 0.257 e. The zero-order valence-electron chi connectivity index (χ0n) is 20.9. The molecule has 0 radical (unpaired) electrons. The Bertz CT molecular complexity index is 1350. The van der Waals surface area contributed by atoms with Gasteiger partial charge in [0.25, 0.3) is 5.91 Å². The van der Waals surface area contributed by atoms with E-state index >= 15 is 0 Å². The zero-order chi connectivity index (χ0) is 26.6. The van der Waals surface area contributed by atoms with E-state index < -0.39 is 33.1 Å². The fourth-order valence-corrected chi connectivity index (χ4v) is 6.01. The monoisotopic (exact) mass is 531 g/mol. The average Bonchev–Trinajstić information content (AvgIpc) is 3.51. The molecular formula is C27H31F2N3O4S. The number of imidazole rings is 1. The van der Waals surface area contributed by atoms with Gasteiger partial charge in [-0.1, -0.05) is 44.2 Å². The van der Waals surface area contributed by atoms with E-state index in [2.05, 4.69) is 4.98 Å². The number of ether oxygens (including phenoxy) is 1. The Balaban J connectivity index is 1.70. The Morgan fingerprint density at radius 2 is 1.84 bits per heavy atom. The lowest BCUT2D eigenvalue weighted by Crippen LogP contribution is -2.35. The van der Waals surface area contributed by atoms with E-state index in [1.165, 1.54) is 47.5 Å². The lowest BCUT2D eigenvalue weighted by atomic mass is 10.1. The summed E-state index contributed by atoms with van der Waals surface area (Å²) in [5.41, 5.74) is 0.473. The molecule has 0 aliphatic carbocycles. The second-order valence-electron chi connectivity index (χ2n) is 9.69. The van der Waals surface area contributed by atoms with Gasteiger partial charge in [-0.05, 0) is 37.0 Å². The summed E-state index contributed by atoms with van der Waals surface area (Å²) in [5.74, 6) is -2.20. The molecule has 0 spiro atoms. The first-order valence-electron chi connectivity index (χ1n) is 12.3. The predicted molar refractivity (Wildman–Crippen MR) is 134 cm³/mol. The number of rotatable bonds is 10. The van der Waals surface area contributed by atoms with Gasteiger partial charge in [0.1, 0.15) is 11.6 Å². The third kappa shape index (κ3) is 6.42. The first-order valence-corrected chi connectivity index (χ1v) is 14.0. The van der Waals surface area contributed by atoms with E-state index in [1.807, 2.05) is 13.8 Å². The molecule has 10 heteroatoms. The summed E-state index contributed by atoms with van der Waals surface area (Å²) in [6.45, 7) is 5.04. The van der Waals surface area contributed by atoms with Crippen LogP contribution in [-0.2, 0) is 33.4 Å². The van der Waals surface area contributed by atoms with Crippen LogP contribution in [0.25, 0.3) is 0 Å². The average molecular weight is 532 g/mol. The summed E-state index contributed by atoms with van der Waals surface area (Å²) in [5, 5.41) is -0.205. The van der Waals surface area contributed by atoms with Crippen molar-refractivity contribution in [1.82, 2.24) is 14.5 Å². The van der Waals surface area contributed by atoms with E-state index in [0.717, 1.165) is 12.8 Å². The largest absolute Gasteiger partial charge is 0.376 e. The molecule has 0 bridgehead atoms. The van der Waals surface area contributed by atoms with Crippen LogP contribution < -0.4 is 0 Å². The molecule has 0 saturated carbocycles. The third-order valence-electron chi connectivity index (χ3n) is 6.22. The summed E-state index contributed by atoms with van der Waals surface area (Å²) < 4.78 is 62.8. The maximum Gasteiger partial charge on any atom is 0.257 e. The minimum Gasteiger partial charge on any atom is -0.376 e. The number of aromatic nitrogens is 2. The van der Waals surface area contributed by atoms with E-state index in [4.69, 9.17) is 4.74 Å². The number of hydrogen-bond acceptors (Lipinski definition) is 5. The lowest BCUT2D eigenvalue weighted by Gasteiger charge is -2.26. The molecular weight excluding hydrogens is 500 g/mol.